The molecule has 1 saturated heterocycles. The molecule has 1 aliphatic heterocycles. The smallest absolute Gasteiger partial charge is 0.222 e. The third-order valence-electron chi connectivity index (χ3n) is 4.16. The van der Waals surface area contributed by atoms with E-state index < -0.39 is 0 Å². The maximum absolute atomic E-state index is 12.0. The van der Waals surface area contributed by atoms with Crippen molar-refractivity contribution in [1.82, 2.24) is 9.80 Å². The number of aliphatic hydroxyl groups is 1. The highest BCUT2D eigenvalue weighted by atomic mass is 16.3. The van der Waals surface area contributed by atoms with E-state index in [-0.39, 0.29) is 18.4 Å². The summed E-state index contributed by atoms with van der Waals surface area (Å²) in [6, 6.07) is 0. The van der Waals surface area contributed by atoms with Crippen LogP contribution in [0.2, 0.25) is 0 Å². The van der Waals surface area contributed by atoms with E-state index in [1.165, 1.54) is 0 Å². The van der Waals surface area contributed by atoms with Crippen LogP contribution < -0.4 is 0 Å². The second kappa shape index (κ2) is 7.48. The van der Waals surface area contributed by atoms with Crippen LogP contribution in [0.15, 0.2) is 0 Å². The molecule has 5 nitrogen and oxygen atoms in total. The molecule has 0 aromatic carbocycles. The average Bonchev–Trinajstić information content (AvgIpc) is 2.39. The maximum Gasteiger partial charge on any atom is 0.222 e. The van der Waals surface area contributed by atoms with E-state index in [4.69, 9.17) is 5.11 Å². The first kappa shape index (κ1) is 16.0. The molecule has 2 amide bonds. The lowest BCUT2D eigenvalue weighted by Gasteiger charge is -2.38. The molecule has 0 bridgehead atoms. The number of piperidine rings is 1. The van der Waals surface area contributed by atoms with Crippen LogP contribution in [0.5, 0.6) is 0 Å². The third kappa shape index (κ3) is 4.49. The Morgan fingerprint density at radius 2 is 2.05 bits per heavy atom. The van der Waals surface area contributed by atoms with Crippen molar-refractivity contribution in [3.8, 4) is 0 Å². The van der Waals surface area contributed by atoms with Gasteiger partial charge in [0.15, 0.2) is 0 Å². The molecule has 1 aliphatic rings. The van der Waals surface area contributed by atoms with E-state index in [2.05, 4.69) is 6.92 Å². The van der Waals surface area contributed by atoms with Crippen molar-refractivity contribution in [2.45, 2.75) is 33.1 Å². The Morgan fingerprint density at radius 1 is 1.37 bits per heavy atom. The van der Waals surface area contributed by atoms with Crippen molar-refractivity contribution >= 4 is 11.8 Å². The number of hydrogen-bond donors (Lipinski definition) is 1. The molecule has 1 heterocycles. The number of nitrogens with zero attached hydrogens (tertiary/aromatic N) is 2. The largest absolute Gasteiger partial charge is 0.395 e. The summed E-state index contributed by atoms with van der Waals surface area (Å²) in [6.07, 6.45) is 2.42. The number of aliphatic hydroxyl groups excluding tert-OH is 1. The molecule has 1 rings (SSSR count). The minimum atomic E-state index is 0.00221. The SMILES string of the molecule is CC[C@H]1CN(C(C)=O)CC[C@H]1CC(=O)N(C)CCO. The Balaban J connectivity index is 2.54. The summed E-state index contributed by atoms with van der Waals surface area (Å²) in [6.45, 7) is 5.64. The van der Waals surface area contributed by atoms with Crippen molar-refractivity contribution in [2.75, 3.05) is 33.3 Å². The molecule has 2 atom stereocenters. The predicted octanol–water partition coefficient (Wildman–Crippen LogP) is 0.722. The number of amides is 2. The molecular weight excluding hydrogens is 244 g/mol. The molecule has 19 heavy (non-hydrogen) atoms. The first-order chi connectivity index (χ1) is 8.99. The van der Waals surface area contributed by atoms with Gasteiger partial charge < -0.3 is 14.9 Å². The van der Waals surface area contributed by atoms with Gasteiger partial charge in [-0.1, -0.05) is 13.3 Å². The molecule has 110 valence electrons. The molecule has 0 saturated carbocycles. The Hall–Kier alpha value is -1.10. The summed E-state index contributed by atoms with van der Waals surface area (Å²) < 4.78 is 0. The molecule has 0 aromatic rings. The maximum atomic E-state index is 12.0. The van der Waals surface area contributed by atoms with Crippen molar-refractivity contribution in [2.24, 2.45) is 11.8 Å². The van der Waals surface area contributed by atoms with Crippen LogP contribution >= 0.6 is 0 Å². The average molecular weight is 270 g/mol. The molecule has 1 fully saturated rings. The quantitative estimate of drug-likeness (QED) is 0.801. The fraction of sp³-hybridized carbons (Fsp3) is 0.857. The third-order valence-corrected chi connectivity index (χ3v) is 4.16. The van der Waals surface area contributed by atoms with Gasteiger partial charge in [0.05, 0.1) is 6.61 Å². The Bertz CT molecular complexity index is 320. The molecule has 0 radical (unpaired) electrons. The molecular formula is C14H26N2O3. The van der Waals surface area contributed by atoms with Crippen LogP contribution in [0.1, 0.15) is 33.1 Å². The van der Waals surface area contributed by atoms with Gasteiger partial charge in [-0.3, -0.25) is 9.59 Å². The van der Waals surface area contributed by atoms with Crippen molar-refractivity contribution in [1.29, 1.82) is 0 Å². The van der Waals surface area contributed by atoms with Crippen LogP contribution in [-0.4, -0.2) is 60.0 Å². The number of likely N-dealkylation sites (N-methyl/N-ethyl adjacent to an activating group) is 1. The van der Waals surface area contributed by atoms with E-state index in [0.29, 0.717) is 24.8 Å². The molecule has 1 N–H and O–H groups in total. The van der Waals surface area contributed by atoms with Crippen LogP contribution in [0.25, 0.3) is 0 Å². The van der Waals surface area contributed by atoms with Gasteiger partial charge in [-0.2, -0.15) is 0 Å². The molecule has 0 unspecified atom stereocenters. The van der Waals surface area contributed by atoms with Gasteiger partial charge in [-0.25, -0.2) is 0 Å². The zero-order chi connectivity index (χ0) is 14.4. The van der Waals surface area contributed by atoms with E-state index >= 15 is 0 Å². The summed E-state index contributed by atoms with van der Waals surface area (Å²) in [5.41, 5.74) is 0. The number of rotatable bonds is 5. The normalized spacial score (nSPS) is 23.3. The van der Waals surface area contributed by atoms with Crippen molar-refractivity contribution in [3.63, 3.8) is 0 Å². The summed E-state index contributed by atoms with van der Waals surface area (Å²) in [5.74, 6) is 0.979. The first-order valence-corrected chi connectivity index (χ1v) is 7.09. The fourth-order valence-corrected chi connectivity index (χ4v) is 2.75. The monoisotopic (exact) mass is 270 g/mol. The lowest BCUT2D eigenvalue weighted by molar-refractivity contribution is -0.134. The van der Waals surface area contributed by atoms with Crippen molar-refractivity contribution in [3.05, 3.63) is 0 Å². The Morgan fingerprint density at radius 3 is 2.58 bits per heavy atom. The van der Waals surface area contributed by atoms with E-state index in [1.807, 2.05) is 4.90 Å². The van der Waals surface area contributed by atoms with Crippen LogP contribution in [-0.2, 0) is 9.59 Å². The van der Waals surface area contributed by atoms with Gasteiger partial charge in [-0.15, -0.1) is 0 Å². The van der Waals surface area contributed by atoms with E-state index in [0.717, 1.165) is 25.9 Å². The lowest BCUT2D eigenvalue weighted by atomic mass is 9.81. The highest BCUT2D eigenvalue weighted by Gasteiger charge is 2.31. The molecule has 5 heteroatoms. The highest BCUT2D eigenvalue weighted by molar-refractivity contribution is 5.76. The highest BCUT2D eigenvalue weighted by Crippen LogP contribution is 2.29. The minimum Gasteiger partial charge on any atom is -0.395 e. The number of hydrogen-bond acceptors (Lipinski definition) is 3. The standard InChI is InChI=1S/C14H26N2O3/c1-4-12-10-16(11(2)18)6-5-13(12)9-14(19)15(3)7-8-17/h12-13,17H,4-10H2,1-3H3/t12-,13-/m0/s1. The minimum absolute atomic E-state index is 0.00221. The molecule has 0 spiro atoms. The zero-order valence-electron chi connectivity index (χ0n) is 12.3. The summed E-state index contributed by atoms with van der Waals surface area (Å²) >= 11 is 0. The van der Waals surface area contributed by atoms with Crippen molar-refractivity contribution < 1.29 is 14.7 Å². The van der Waals surface area contributed by atoms with Gasteiger partial charge in [0.25, 0.3) is 0 Å². The topological polar surface area (TPSA) is 60.9 Å². The van der Waals surface area contributed by atoms with Crippen LogP contribution in [0.3, 0.4) is 0 Å². The van der Waals surface area contributed by atoms with E-state index in [9.17, 15) is 9.59 Å². The number of carbonyl (C=O) groups is 2. The lowest BCUT2D eigenvalue weighted by Crippen LogP contribution is -2.44. The molecule has 0 aromatic heterocycles. The Labute approximate surface area is 115 Å². The number of likely N-dealkylation sites (tertiary alicyclic amines) is 1. The van der Waals surface area contributed by atoms with E-state index in [1.54, 1.807) is 18.9 Å². The second-order valence-electron chi connectivity index (χ2n) is 5.43. The summed E-state index contributed by atoms with van der Waals surface area (Å²) in [4.78, 5) is 26.9. The van der Waals surface area contributed by atoms with Gasteiger partial charge >= 0.3 is 0 Å². The zero-order valence-corrected chi connectivity index (χ0v) is 12.3. The Kier molecular flexibility index (Phi) is 6.28. The fourth-order valence-electron chi connectivity index (χ4n) is 2.75. The molecule has 0 aliphatic carbocycles. The van der Waals surface area contributed by atoms with Crippen LogP contribution in [0, 0.1) is 11.8 Å². The second-order valence-corrected chi connectivity index (χ2v) is 5.43. The summed E-state index contributed by atoms with van der Waals surface area (Å²) in [5, 5.41) is 8.85. The van der Waals surface area contributed by atoms with Gasteiger partial charge in [-0.05, 0) is 18.3 Å². The summed E-state index contributed by atoms with van der Waals surface area (Å²) in [7, 11) is 1.73. The first-order valence-electron chi connectivity index (χ1n) is 7.09. The number of carbonyl (C=O) groups excluding carboxylic acids is 2. The van der Waals surface area contributed by atoms with Gasteiger partial charge in [0, 0.05) is 40.0 Å². The van der Waals surface area contributed by atoms with Crippen LogP contribution in [0.4, 0.5) is 0 Å². The predicted molar refractivity (Wildman–Crippen MR) is 73.5 cm³/mol. The van der Waals surface area contributed by atoms with Gasteiger partial charge in [0.1, 0.15) is 0 Å². The van der Waals surface area contributed by atoms with Gasteiger partial charge in [0.2, 0.25) is 11.8 Å².